The van der Waals surface area contributed by atoms with Crippen LogP contribution in [0, 0.1) is 0 Å². The number of aromatic nitrogens is 2. The maximum absolute atomic E-state index is 10.5. The number of nitrogens with one attached hydrogen (secondary N) is 1. The Hall–Kier alpha value is -1.17. The molecule has 0 saturated heterocycles. The van der Waals surface area contributed by atoms with Crippen molar-refractivity contribution in [2.45, 2.75) is 32.7 Å². The number of aliphatic carboxylic acids is 1. The third kappa shape index (κ3) is 2.95. The van der Waals surface area contributed by atoms with E-state index in [9.17, 15) is 4.79 Å². The average molecular weight is 215 g/mol. The zero-order valence-corrected chi connectivity index (χ0v) is 8.97. The predicted octanol–water partition coefficient (Wildman–Crippen LogP) is 1.38. The lowest BCUT2D eigenvalue weighted by Crippen LogP contribution is -2.25. The molecule has 2 N–H and O–H groups in total. The highest BCUT2D eigenvalue weighted by Crippen LogP contribution is 2.13. The summed E-state index contributed by atoms with van der Waals surface area (Å²) in [7, 11) is 0. The van der Waals surface area contributed by atoms with Crippen molar-refractivity contribution in [2.75, 3.05) is 5.32 Å². The molecule has 1 aromatic rings. The number of nitrogens with zero attached hydrogens (tertiary/aromatic N) is 2. The molecule has 1 rings (SSSR count). The summed E-state index contributed by atoms with van der Waals surface area (Å²) in [6.45, 7) is 3.62. The molecule has 0 amide bonds. The van der Waals surface area contributed by atoms with Gasteiger partial charge in [-0.25, -0.2) is 4.98 Å². The van der Waals surface area contributed by atoms with E-state index >= 15 is 0 Å². The van der Waals surface area contributed by atoms with Crippen LogP contribution < -0.4 is 5.32 Å². The Morgan fingerprint density at radius 1 is 1.71 bits per heavy atom. The van der Waals surface area contributed by atoms with Crippen LogP contribution in [0.1, 0.15) is 26.1 Å². The van der Waals surface area contributed by atoms with E-state index in [4.69, 9.17) is 5.11 Å². The van der Waals surface area contributed by atoms with Gasteiger partial charge in [0.15, 0.2) is 0 Å². The van der Waals surface area contributed by atoms with Crippen molar-refractivity contribution in [2.24, 2.45) is 0 Å². The highest BCUT2D eigenvalue weighted by molar-refractivity contribution is 7.09. The standard InChI is InChI=1S/C8H13N3O2S/c1-3-4-6-10-8(14-11-6)9-5(2)7(12)13/h5H,3-4H2,1-2H3,(H,12,13)(H,9,10,11). The van der Waals surface area contributed by atoms with E-state index in [-0.39, 0.29) is 0 Å². The number of rotatable bonds is 5. The number of carboxylic acids is 1. The topological polar surface area (TPSA) is 75.1 Å². The summed E-state index contributed by atoms with van der Waals surface area (Å²) in [5.41, 5.74) is 0. The predicted molar refractivity (Wildman–Crippen MR) is 54.6 cm³/mol. The number of carboxylic acid groups (broad SMARTS) is 1. The zero-order valence-electron chi connectivity index (χ0n) is 8.15. The van der Waals surface area contributed by atoms with Gasteiger partial charge in [0.1, 0.15) is 11.9 Å². The lowest BCUT2D eigenvalue weighted by Gasteiger charge is -2.05. The van der Waals surface area contributed by atoms with Gasteiger partial charge in [-0.1, -0.05) is 6.92 Å². The quantitative estimate of drug-likeness (QED) is 0.776. The van der Waals surface area contributed by atoms with E-state index < -0.39 is 12.0 Å². The van der Waals surface area contributed by atoms with E-state index in [1.54, 1.807) is 6.92 Å². The normalized spacial score (nSPS) is 12.4. The molecule has 0 fully saturated rings. The van der Waals surface area contributed by atoms with Gasteiger partial charge in [-0.3, -0.25) is 4.79 Å². The van der Waals surface area contributed by atoms with Crippen LogP contribution in [-0.2, 0) is 11.2 Å². The van der Waals surface area contributed by atoms with E-state index in [1.165, 1.54) is 11.5 Å². The molecule has 0 bridgehead atoms. The maximum Gasteiger partial charge on any atom is 0.325 e. The van der Waals surface area contributed by atoms with Gasteiger partial charge in [0.25, 0.3) is 0 Å². The van der Waals surface area contributed by atoms with Gasteiger partial charge in [0.2, 0.25) is 5.13 Å². The Balaban J connectivity index is 2.55. The first-order chi connectivity index (χ1) is 6.63. The van der Waals surface area contributed by atoms with Crippen molar-refractivity contribution in [1.82, 2.24) is 9.36 Å². The molecule has 0 radical (unpaired) electrons. The minimum Gasteiger partial charge on any atom is -0.480 e. The highest BCUT2D eigenvalue weighted by atomic mass is 32.1. The van der Waals surface area contributed by atoms with Crippen LogP contribution in [0.15, 0.2) is 0 Å². The Labute approximate surface area is 86.3 Å². The fourth-order valence-electron chi connectivity index (χ4n) is 0.885. The minimum atomic E-state index is -0.891. The van der Waals surface area contributed by atoms with E-state index in [0.717, 1.165) is 18.7 Å². The summed E-state index contributed by atoms with van der Waals surface area (Å²) >= 11 is 1.20. The molecule has 0 aromatic carbocycles. The third-order valence-corrected chi connectivity index (χ3v) is 2.34. The molecule has 1 heterocycles. The molecule has 0 aliphatic heterocycles. The summed E-state index contributed by atoms with van der Waals surface area (Å²) in [6, 6.07) is -0.627. The number of hydrogen-bond donors (Lipinski definition) is 2. The molecule has 78 valence electrons. The van der Waals surface area contributed by atoms with Gasteiger partial charge in [0.05, 0.1) is 0 Å². The van der Waals surface area contributed by atoms with E-state index in [1.807, 2.05) is 6.92 Å². The van der Waals surface area contributed by atoms with Crippen molar-refractivity contribution < 1.29 is 9.90 Å². The first kappa shape index (κ1) is 10.9. The van der Waals surface area contributed by atoms with Crippen LogP contribution in [-0.4, -0.2) is 26.5 Å². The van der Waals surface area contributed by atoms with E-state index in [2.05, 4.69) is 14.7 Å². The Kier molecular flexibility index (Phi) is 3.82. The van der Waals surface area contributed by atoms with Crippen LogP contribution in [0.25, 0.3) is 0 Å². The molecular weight excluding hydrogens is 202 g/mol. The van der Waals surface area contributed by atoms with Gasteiger partial charge < -0.3 is 10.4 Å². The van der Waals surface area contributed by atoms with Crippen LogP contribution in [0.3, 0.4) is 0 Å². The van der Waals surface area contributed by atoms with Crippen molar-refractivity contribution in [1.29, 1.82) is 0 Å². The Bertz CT molecular complexity index is 313. The Morgan fingerprint density at radius 3 is 3.00 bits per heavy atom. The lowest BCUT2D eigenvalue weighted by molar-refractivity contribution is -0.137. The molecular formula is C8H13N3O2S. The SMILES string of the molecule is CCCc1nsc(NC(C)C(=O)O)n1. The number of carbonyl (C=O) groups is 1. The molecule has 1 aromatic heterocycles. The molecule has 0 aliphatic carbocycles. The van der Waals surface area contributed by atoms with Gasteiger partial charge in [-0.15, -0.1) is 0 Å². The first-order valence-electron chi connectivity index (χ1n) is 4.45. The second kappa shape index (κ2) is 4.90. The minimum absolute atomic E-state index is 0.573. The summed E-state index contributed by atoms with van der Waals surface area (Å²) in [6.07, 6.45) is 1.82. The smallest absolute Gasteiger partial charge is 0.325 e. The van der Waals surface area contributed by atoms with Crippen LogP contribution in [0.4, 0.5) is 5.13 Å². The largest absolute Gasteiger partial charge is 0.480 e. The molecule has 5 nitrogen and oxygen atoms in total. The summed E-state index contributed by atoms with van der Waals surface area (Å²) in [5.74, 6) is -0.116. The highest BCUT2D eigenvalue weighted by Gasteiger charge is 2.12. The zero-order chi connectivity index (χ0) is 10.6. The van der Waals surface area contributed by atoms with Crippen LogP contribution in [0.2, 0.25) is 0 Å². The van der Waals surface area contributed by atoms with Crippen molar-refractivity contribution in [3.8, 4) is 0 Å². The molecule has 0 aliphatic rings. The fourth-order valence-corrected chi connectivity index (χ4v) is 1.58. The van der Waals surface area contributed by atoms with Gasteiger partial charge in [0, 0.05) is 18.0 Å². The van der Waals surface area contributed by atoms with Gasteiger partial charge >= 0.3 is 5.97 Å². The van der Waals surface area contributed by atoms with Gasteiger partial charge in [-0.2, -0.15) is 4.37 Å². The molecule has 1 atom stereocenters. The summed E-state index contributed by atoms with van der Waals surface area (Å²) in [5, 5.41) is 12.0. The fraction of sp³-hybridized carbons (Fsp3) is 0.625. The second-order valence-corrected chi connectivity index (χ2v) is 3.72. The van der Waals surface area contributed by atoms with Gasteiger partial charge in [-0.05, 0) is 13.3 Å². The monoisotopic (exact) mass is 215 g/mol. The molecule has 0 spiro atoms. The third-order valence-electron chi connectivity index (χ3n) is 1.65. The van der Waals surface area contributed by atoms with Crippen LogP contribution >= 0.6 is 11.5 Å². The lowest BCUT2D eigenvalue weighted by atomic mass is 10.3. The van der Waals surface area contributed by atoms with Crippen molar-refractivity contribution >= 4 is 22.6 Å². The summed E-state index contributed by atoms with van der Waals surface area (Å²) in [4.78, 5) is 14.7. The van der Waals surface area contributed by atoms with Crippen LogP contribution in [0.5, 0.6) is 0 Å². The Morgan fingerprint density at radius 2 is 2.43 bits per heavy atom. The van der Waals surface area contributed by atoms with Crippen molar-refractivity contribution in [3.63, 3.8) is 0 Å². The first-order valence-corrected chi connectivity index (χ1v) is 5.22. The van der Waals surface area contributed by atoms with Crippen molar-refractivity contribution in [3.05, 3.63) is 5.82 Å². The number of aryl methyl sites for hydroxylation is 1. The molecule has 1 unspecified atom stereocenters. The molecule has 0 saturated carbocycles. The van der Waals surface area contributed by atoms with E-state index in [0.29, 0.717) is 5.13 Å². The summed E-state index contributed by atoms with van der Waals surface area (Å²) < 4.78 is 4.09. The second-order valence-electron chi connectivity index (χ2n) is 2.97. The molecule has 14 heavy (non-hydrogen) atoms. The average Bonchev–Trinajstić information content (AvgIpc) is 2.53. The number of hydrogen-bond acceptors (Lipinski definition) is 5. The number of anilines is 1. The maximum atomic E-state index is 10.5. The molecule has 6 heteroatoms.